The maximum atomic E-state index is 5.95. The van der Waals surface area contributed by atoms with E-state index in [0.717, 1.165) is 65.0 Å². The minimum atomic E-state index is 0.717. The van der Waals surface area contributed by atoms with Gasteiger partial charge in [0.1, 0.15) is 13.2 Å². The van der Waals surface area contributed by atoms with E-state index < -0.39 is 0 Å². The molecule has 0 amide bonds. The van der Waals surface area contributed by atoms with Crippen LogP contribution in [-0.4, -0.2) is 39.4 Å². The van der Waals surface area contributed by atoms with E-state index in [2.05, 4.69) is 144 Å². The molecule has 4 rings (SSSR count). The molecule has 0 atom stereocenters. The molecule has 0 fully saturated rings. The summed E-state index contributed by atoms with van der Waals surface area (Å²) in [6.45, 7) is 16.2. The largest absolute Gasteiger partial charge is 0.372 e. The lowest BCUT2D eigenvalue weighted by molar-refractivity contribution is -0.705. The molecule has 0 radical (unpaired) electrons. The minimum Gasteiger partial charge on any atom is -0.372 e. The number of aromatic nitrogens is 2. The van der Waals surface area contributed by atoms with E-state index in [0.29, 0.717) is 13.2 Å². The van der Waals surface area contributed by atoms with Gasteiger partial charge in [-0.1, -0.05) is 24.3 Å². The van der Waals surface area contributed by atoms with E-state index in [1.54, 1.807) is 0 Å². The van der Waals surface area contributed by atoms with E-state index in [1.807, 2.05) is 0 Å². The van der Waals surface area contributed by atoms with Gasteiger partial charge in [0, 0.05) is 61.8 Å². The van der Waals surface area contributed by atoms with Gasteiger partial charge < -0.3 is 14.5 Å². The number of pyridine rings is 2. The molecule has 5 nitrogen and oxygen atoms in total. The zero-order chi connectivity index (χ0) is 30.3. The van der Waals surface area contributed by atoms with Gasteiger partial charge in [-0.25, -0.2) is 9.13 Å². The number of rotatable bonds is 18. The van der Waals surface area contributed by atoms with Gasteiger partial charge in [0.25, 0.3) is 0 Å². The molecule has 0 aliphatic heterocycles. The Labute approximate surface area is 260 Å². The van der Waals surface area contributed by atoms with Crippen molar-refractivity contribution >= 4 is 11.4 Å². The second-order valence-electron chi connectivity index (χ2n) is 11.2. The molecule has 0 spiro atoms. The van der Waals surface area contributed by atoms with Crippen LogP contribution in [-0.2, 0) is 43.5 Å². The van der Waals surface area contributed by atoms with Crippen molar-refractivity contribution in [1.82, 2.24) is 0 Å². The van der Waals surface area contributed by atoms with Crippen LogP contribution in [0.25, 0.3) is 0 Å². The van der Waals surface area contributed by atoms with Crippen LogP contribution in [0.1, 0.15) is 49.9 Å². The average Bonchev–Trinajstić information content (AvgIpc) is 3.06. The van der Waals surface area contributed by atoms with Crippen LogP contribution < -0.4 is 18.9 Å². The van der Waals surface area contributed by atoms with Crippen LogP contribution >= 0.6 is 0 Å². The van der Waals surface area contributed by atoms with E-state index in [1.165, 1.54) is 33.6 Å². The predicted octanol–water partition coefficient (Wildman–Crippen LogP) is 6.24. The summed E-state index contributed by atoms with van der Waals surface area (Å²) in [5.74, 6) is 0. The third kappa shape index (κ3) is 10.2. The molecule has 43 heavy (non-hydrogen) atoms. The molecular weight excluding hydrogens is 528 g/mol. The van der Waals surface area contributed by atoms with Crippen molar-refractivity contribution in [3.63, 3.8) is 0 Å². The van der Waals surface area contributed by atoms with Gasteiger partial charge in [-0.05, 0) is 99.9 Å². The minimum absolute atomic E-state index is 0.717. The van der Waals surface area contributed by atoms with Gasteiger partial charge in [-0.15, -0.1) is 0 Å². The lowest BCUT2D eigenvalue weighted by Gasteiger charge is -2.21. The summed E-state index contributed by atoms with van der Waals surface area (Å²) in [5, 5.41) is 0. The zero-order valence-electron chi connectivity index (χ0n) is 26.9. The number of benzene rings is 2. The highest BCUT2D eigenvalue weighted by molar-refractivity contribution is 5.48. The smallest absolute Gasteiger partial charge is 0.171 e. The first-order valence-corrected chi connectivity index (χ1v) is 16.3. The van der Waals surface area contributed by atoms with Crippen LogP contribution in [0.5, 0.6) is 0 Å². The third-order valence-electron chi connectivity index (χ3n) is 8.44. The van der Waals surface area contributed by atoms with Crippen LogP contribution in [0.4, 0.5) is 11.4 Å². The number of hydrogen-bond donors (Lipinski definition) is 0. The third-order valence-corrected chi connectivity index (χ3v) is 8.44. The molecule has 2 heterocycles. The molecule has 228 valence electrons. The molecule has 0 saturated carbocycles. The van der Waals surface area contributed by atoms with E-state index in [-0.39, 0.29) is 0 Å². The molecule has 0 bridgehead atoms. The summed E-state index contributed by atoms with van der Waals surface area (Å²) in [6, 6.07) is 27.1. The highest BCUT2D eigenvalue weighted by atomic mass is 16.5. The summed E-state index contributed by atoms with van der Waals surface area (Å²) in [6.07, 6.45) is 12.9. The topological polar surface area (TPSA) is 23.5 Å². The summed E-state index contributed by atoms with van der Waals surface area (Å²) >= 11 is 0. The van der Waals surface area contributed by atoms with E-state index >= 15 is 0 Å². The van der Waals surface area contributed by atoms with E-state index in [9.17, 15) is 0 Å². The number of nitrogens with zero attached hydrogens (tertiary/aromatic N) is 4. The van der Waals surface area contributed by atoms with Gasteiger partial charge in [-0.2, -0.15) is 0 Å². The Morgan fingerprint density at radius 2 is 0.744 bits per heavy atom. The monoisotopic (exact) mass is 580 g/mol. The van der Waals surface area contributed by atoms with Crippen molar-refractivity contribution < 1.29 is 13.9 Å². The molecule has 0 unspecified atom stereocenters. The molecule has 4 aromatic rings. The van der Waals surface area contributed by atoms with Gasteiger partial charge in [-0.3, -0.25) is 0 Å². The van der Waals surface area contributed by atoms with Crippen LogP contribution in [0.2, 0.25) is 0 Å². The normalized spacial score (nSPS) is 11.1. The van der Waals surface area contributed by atoms with Gasteiger partial charge in [0.05, 0.1) is 0 Å². The second kappa shape index (κ2) is 17.4. The number of anilines is 2. The standard InChI is InChI=1S/C38H52N4O/c1-5-41(6-2)37-17-13-33(14-18-37)9-11-35-21-25-39(26-22-35)29-31-43-32-30-40-27-23-36(24-28-40)12-10-34-15-19-38(20-16-34)42(7-3)8-4/h13-28H,5-12,29-32H2,1-4H3/q+2. The fourth-order valence-corrected chi connectivity index (χ4v) is 5.55. The van der Waals surface area contributed by atoms with Crippen molar-refractivity contribution in [3.8, 4) is 0 Å². The number of aryl methyl sites for hydroxylation is 4. The number of ether oxygens (including phenoxy) is 1. The van der Waals surface area contributed by atoms with Crippen LogP contribution in [0.3, 0.4) is 0 Å². The zero-order valence-corrected chi connectivity index (χ0v) is 26.9. The number of hydrogen-bond acceptors (Lipinski definition) is 3. The molecule has 0 aliphatic carbocycles. The predicted molar refractivity (Wildman–Crippen MR) is 179 cm³/mol. The van der Waals surface area contributed by atoms with Crippen LogP contribution in [0, 0.1) is 0 Å². The average molecular weight is 581 g/mol. The molecule has 0 aliphatic rings. The fourth-order valence-electron chi connectivity index (χ4n) is 5.55. The molecule has 5 heteroatoms. The Morgan fingerprint density at radius 1 is 0.442 bits per heavy atom. The fraction of sp³-hybridized carbons (Fsp3) is 0.421. The van der Waals surface area contributed by atoms with E-state index in [4.69, 9.17) is 4.74 Å². The Hall–Kier alpha value is -3.70. The van der Waals surface area contributed by atoms with Crippen molar-refractivity contribution in [3.05, 3.63) is 120 Å². The van der Waals surface area contributed by atoms with Crippen molar-refractivity contribution in [2.24, 2.45) is 0 Å². The molecular formula is C38H52N4O+2. The lowest BCUT2D eigenvalue weighted by Crippen LogP contribution is -2.37. The first-order valence-electron chi connectivity index (χ1n) is 16.3. The quantitative estimate of drug-likeness (QED) is 0.103. The van der Waals surface area contributed by atoms with Crippen LogP contribution in [0.15, 0.2) is 97.6 Å². The Morgan fingerprint density at radius 3 is 1.05 bits per heavy atom. The van der Waals surface area contributed by atoms with Crippen molar-refractivity contribution in [2.75, 3.05) is 49.2 Å². The summed E-state index contributed by atoms with van der Waals surface area (Å²) < 4.78 is 10.4. The summed E-state index contributed by atoms with van der Waals surface area (Å²) in [5.41, 5.74) is 8.16. The molecule has 2 aromatic heterocycles. The SMILES string of the molecule is CCN(CC)c1ccc(CCc2cc[n+](CCOCC[n+]3ccc(CCc4ccc(N(CC)CC)cc4)cc3)cc2)cc1. The maximum absolute atomic E-state index is 5.95. The Bertz CT molecular complexity index is 1210. The molecule has 0 saturated heterocycles. The highest BCUT2D eigenvalue weighted by Gasteiger charge is 2.07. The highest BCUT2D eigenvalue weighted by Crippen LogP contribution is 2.17. The molecule has 0 N–H and O–H groups in total. The summed E-state index contributed by atoms with van der Waals surface area (Å²) in [4.78, 5) is 4.77. The second-order valence-corrected chi connectivity index (χ2v) is 11.2. The maximum Gasteiger partial charge on any atom is 0.171 e. The van der Waals surface area contributed by atoms with Gasteiger partial charge in [0.2, 0.25) is 0 Å². The van der Waals surface area contributed by atoms with Crippen molar-refractivity contribution in [1.29, 1.82) is 0 Å². The van der Waals surface area contributed by atoms with Gasteiger partial charge >= 0.3 is 0 Å². The van der Waals surface area contributed by atoms with Gasteiger partial charge in [0.15, 0.2) is 37.9 Å². The lowest BCUT2D eigenvalue weighted by atomic mass is 10.0. The summed E-state index contributed by atoms with van der Waals surface area (Å²) in [7, 11) is 0. The molecule has 2 aromatic carbocycles. The Kier molecular flexibility index (Phi) is 13.1. The Balaban J connectivity index is 1.10. The first-order chi connectivity index (χ1) is 21.1. The van der Waals surface area contributed by atoms with Crippen molar-refractivity contribution in [2.45, 2.75) is 66.5 Å². The first kappa shape index (κ1) is 32.2.